The maximum atomic E-state index is 14.7. The van der Waals surface area contributed by atoms with Crippen LogP contribution in [0.5, 0.6) is 0 Å². The van der Waals surface area contributed by atoms with Gasteiger partial charge in [-0.05, 0) is 37.2 Å². The molecule has 2 atom stereocenters. The molecule has 9 heteroatoms. The van der Waals surface area contributed by atoms with Gasteiger partial charge in [0.05, 0.1) is 29.5 Å². The Morgan fingerprint density at radius 3 is 2.79 bits per heavy atom. The Labute approximate surface area is 225 Å². The van der Waals surface area contributed by atoms with E-state index >= 15 is 0 Å². The lowest BCUT2D eigenvalue weighted by Gasteiger charge is -2.43. The van der Waals surface area contributed by atoms with Crippen LogP contribution in [-0.2, 0) is 16.8 Å². The molecule has 2 aliphatic rings. The van der Waals surface area contributed by atoms with E-state index in [9.17, 15) is 9.59 Å². The molecule has 2 amide bonds. The highest BCUT2D eigenvalue weighted by molar-refractivity contribution is 6.31. The van der Waals surface area contributed by atoms with E-state index in [4.69, 9.17) is 16.1 Å². The molecule has 0 saturated carbocycles. The van der Waals surface area contributed by atoms with Crippen molar-refractivity contribution in [2.75, 3.05) is 31.1 Å². The predicted molar refractivity (Wildman–Crippen MR) is 145 cm³/mol. The zero-order valence-corrected chi connectivity index (χ0v) is 22.0. The molecular weight excluding hydrogens is 502 g/mol. The number of halogens is 1. The maximum absolute atomic E-state index is 14.7. The molecule has 2 aliphatic heterocycles. The number of benzene rings is 2. The highest BCUT2D eigenvalue weighted by Crippen LogP contribution is 2.48. The average molecular weight is 530 g/mol. The summed E-state index contributed by atoms with van der Waals surface area (Å²) in [4.78, 5) is 36.4. The molecule has 0 bridgehead atoms. The normalized spacial score (nSPS) is 21.1. The predicted octanol–water partition coefficient (Wildman–Crippen LogP) is 4.35. The van der Waals surface area contributed by atoms with Crippen molar-refractivity contribution in [3.63, 3.8) is 0 Å². The number of amides is 2. The van der Waals surface area contributed by atoms with Gasteiger partial charge in [-0.2, -0.15) is 0 Å². The molecule has 2 aromatic carbocycles. The maximum Gasteiger partial charge on any atom is 0.254 e. The molecule has 2 aromatic heterocycles. The Morgan fingerprint density at radius 1 is 1.16 bits per heavy atom. The molecular formula is C29H28ClN5O3. The second kappa shape index (κ2) is 9.53. The first kappa shape index (κ1) is 24.6. The Balaban J connectivity index is 1.51. The van der Waals surface area contributed by atoms with Crippen molar-refractivity contribution in [3.8, 4) is 0 Å². The van der Waals surface area contributed by atoms with Crippen molar-refractivity contribution in [2.45, 2.75) is 25.8 Å². The van der Waals surface area contributed by atoms with Gasteiger partial charge in [-0.25, -0.2) is 0 Å². The number of aromatic nitrogens is 2. The number of nitrogens with zero attached hydrogens (tertiary/aromatic N) is 4. The van der Waals surface area contributed by atoms with E-state index < -0.39 is 5.41 Å². The second-order valence-corrected chi connectivity index (χ2v) is 10.5. The van der Waals surface area contributed by atoms with Gasteiger partial charge in [-0.15, -0.1) is 0 Å². The first-order valence-corrected chi connectivity index (χ1v) is 13.2. The second-order valence-electron chi connectivity index (χ2n) is 10.1. The summed E-state index contributed by atoms with van der Waals surface area (Å²) in [5.41, 5.74) is 1.68. The lowest BCUT2D eigenvalue weighted by molar-refractivity contribution is -0.123. The topological polar surface area (TPSA) is 91.6 Å². The van der Waals surface area contributed by atoms with Gasteiger partial charge in [0, 0.05) is 59.2 Å². The Morgan fingerprint density at radius 2 is 2.00 bits per heavy atom. The standard InChI is InChI=1S/C29H28ClN5O3/c1-3-31-13-20-15-35(26-14-32-12-19-6-4-5-7-23(19)26)28(37)29(20)17-34(16-22-10-18(2)33-38-22)27(36)24-9-8-21(30)11-25(24)29/h4-12,14,20,31H,3,13,15-17H2,1-2H3/t20-,29+/m0/s1. The minimum atomic E-state index is -0.998. The summed E-state index contributed by atoms with van der Waals surface area (Å²) in [5, 5.41) is 9.86. The van der Waals surface area contributed by atoms with Gasteiger partial charge >= 0.3 is 0 Å². The third kappa shape index (κ3) is 3.87. The van der Waals surface area contributed by atoms with Crippen LogP contribution in [0.1, 0.15) is 34.3 Å². The highest BCUT2D eigenvalue weighted by Gasteiger charge is 2.59. The van der Waals surface area contributed by atoms with Crippen LogP contribution >= 0.6 is 11.6 Å². The number of rotatable bonds is 6. The van der Waals surface area contributed by atoms with E-state index in [1.807, 2.05) is 49.1 Å². The fraction of sp³-hybridized carbons (Fsp3) is 0.310. The first-order valence-electron chi connectivity index (χ1n) is 12.8. The van der Waals surface area contributed by atoms with Crippen LogP contribution in [0.3, 0.4) is 0 Å². The number of fused-ring (bicyclic) bond motifs is 3. The Kier molecular flexibility index (Phi) is 6.16. The van der Waals surface area contributed by atoms with Crippen molar-refractivity contribution in [2.24, 2.45) is 5.92 Å². The van der Waals surface area contributed by atoms with Gasteiger partial charge in [-0.1, -0.05) is 47.9 Å². The largest absolute Gasteiger partial charge is 0.359 e. The van der Waals surface area contributed by atoms with Gasteiger partial charge in [0.15, 0.2) is 5.76 Å². The van der Waals surface area contributed by atoms with E-state index in [0.29, 0.717) is 35.0 Å². The van der Waals surface area contributed by atoms with E-state index in [1.165, 1.54) is 0 Å². The zero-order valence-electron chi connectivity index (χ0n) is 21.3. The SMILES string of the molecule is CCNC[C@H]1CN(c2cncc3ccccc23)C(=O)[C@]12CN(Cc1cc(C)no1)C(=O)c1ccc(Cl)cc12. The molecule has 0 radical (unpaired) electrons. The summed E-state index contributed by atoms with van der Waals surface area (Å²) in [5.74, 6) is 0.232. The van der Waals surface area contributed by atoms with Gasteiger partial charge in [0.1, 0.15) is 0 Å². The minimum Gasteiger partial charge on any atom is -0.359 e. The molecule has 38 heavy (non-hydrogen) atoms. The van der Waals surface area contributed by atoms with Gasteiger partial charge in [-0.3, -0.25) is 14.6 Å². The Hall–Kier alpha value is -3.75. The summed E-state index contributed by atoms with van der Waals surface area (Å²) >= 11 is 6.49. The minimum absolute atomic E-state index is 0.0617. The Bertz CT molecular complexity index is 1550. The van der Waals surface area contributed by atoms with Gasteiger partial charge in [0.25, 0.3) is 5.91 Å². The summed E-state index contributed by atoms with van der Waals surface area (Å²) in [6, 6.07) is 15.0. The average Bonchev–Trinajstić information content (AvgIpc) is 3.45. The lowest BCUT2D eigenvalue weighted by atomic mass is 9.67. The smallest absolute Gasteiger partial charge is 0.254 e. The monoisotopic (exact) mass is 529 g/mol. The van der Waals surface area contributed by atoms with E-state index in [-0.39, 0.29) is 30.8 Å². The third-order valence-electron chi connectivity index (χ3n) is 7.75. The lowest BCUT2D eigenvalue weighted by Crippen LogP contribution is -2.57. The number of aryl methyl sites for hydroxylation is 1. The number of pyridine rings is 1. The van der Waals surface area contributed by atoms with Gasteiger partial charge < -0.3 is 19.6 Å². The van der Waals surface area contributed by atoms with Crippen molar-refractivity contribution < 1.29 is 14.1 Å². The molecule has 6 rings (SSSR count). The number of hydrogen-bond acceptors (Lipinski definition) is 6. The molecule has 0 aliphatic carbocycles. The molecule has 0 unspecified atom stereocenters. The molecule has 4 heterocycles. The van der Waals surface area contributed by atoms with E-state index in [0.717, 1.165) is 28.7 Å². The van der Waals surface area contributed by atoms with Crippen LogP contribution in [0, 0.1) is 12.8 Å². The molecule has 4 aromatic rings. The fourth-order valence-electron chi connectivity index (χ4n) is 5.99. The molecule has 1 saturated heterocycles. The van der Waals surface area contributed by atoms with Crippen LogP contribution < -0.4 is 10.2 Å². The van der Waals surface area contributed by atoms with Crippen molar-refractivity contribution in [1.82, 2.24) is 20.4 Å². The molecule has 194 valence electrons. The van der Waals surface area contributed by atoms with E-state index in [1.54, 1.807) is 35.5 Å². The number of carbonyl (C=O) groups excluding carboxylic acids is 2. The van der Waals surface area contributed by atoms with Crippen molar-refractivity contribution >= 4 is 39.9 Å². The zero-order chi connectivity index (χ0) is 26.4. The number of nitrogens with one attached hydrogen (secondary N) is 1. The van der Waals surface area contributed by atoms with Crippen molar-refractivity contribution in [1.29, 1.82) is 0 Å². The summed E-state index contributed by atoms with van der Waals surface area (Å²) in [6.07, 6.45) is 3.56. The van der Waals surface area contributed by atoms with Crippen LogP contribution in [0.4, 0.5) is 5.69 Å². The number of hydrogen-bond donors (Lipinski definition) is 1. The quantitative estimate of drug-likeness (QED) is 0.399. The number of carbonyl (C=O) groups is 2. The molecule has 1 fully saturated rings. The highest BCUT2D eigenvalue weighted by atomic mass is 35.5. The van der Waals surface area contributed by atoms with E-state index in [2.05, 4.69) is 15.5 Å². The fourth-order valence-corrected chi connectivity index (χ4v) is 6.17. The molecule has 8 nitrogen and oxygen atoms in total. The summed E-state index contributed by atoms with van der Waals surface area (Å²) in [6.45, 7) is 6.17. The van der Waals surface area contributed by atoms with Crippen LogP contribution in [0.15, 0.2) is 65.4 Å². The first-order chi connectivity index (χ1) is 18.4. The van der Waals surface area contributed by atoms with Crippen LogP contribution in [-0.4, -0.2) is 53.0 Å². The summed E-state index contributed by atoms with van der Waals surface area (Å²) < 4.78 is 5.45. The van der Waals surface area contributed by atoms with Crippen molar-refractivity contribution in [3.05, 3.63) is 88.5 Å². The summed E-state index contributed by atoms with van der Waals surface area (Å²) in [7, 11) is 0. The van der Waals surface area contributed by atoms with Gasteiger partial charge in [0.2, 0.25) is 5.91 Å². The molecule has 1 N–H and O–H groups in total. The van der Waals surface area contributed by atoms with Crippen LogP contribution in [0.2, 0.25) is 5.02 Å². The van der Waals surface area contributed by atoms with Crippen LogP contribution in [0.25, 0.3) is 10.8 Å². The molecule has 1 spiro atoms. The number of anilines is 1. The third-order valence-corrected chi connectivity index (χ3v) is 7.98.